The highest BCUT2D eigenvalue weighted by Crippen LogP contribution is 2.40. The van der Waals surface area contributed by atoms with Crippen LogP contribution in [0.15, 0.2) is 35.7 Å². The van der Waals surface area contributed by atoms with Crippen LogP contribution in [0.5, 0.6) is 0 Å². The van der Waals surface area contributed by atoms with E-state index in [0.29, 0.717) is 23.8 Å². The van der Waals surface area contributed by atoms with Crippen molar-refractivity contribution in [1.82, 2.24) is 4.98 Å². The van der Waals surface area contributed by atoms with Gasteiger partial charge in [-0.1, -0.05) is 36.8 Å². The largest absolute Gasteiger partial charge is 0.452 e. The van der Waals surface area contributed by atoms with E-state index in [1.807, 2.05) is 35.7 Å². The number of benzene rings is 1. The first-order chi connectivity index (χ1) is 14.0. The predicted molar refractivity (Wildman–Crippen MR) is 110 cm³/mol. The molecule has 1 amide bonds. The summed E-state index contributed by atoms with van der Waals surface area (Å²) in [5.74, 6) is -0.792. The zero-order chi connectivity index (χ0) is 20.4. The quantitative estimate of drug-likeness (QED) is 0.748. The molecule has 2 bridgehead atoms. The van der Waals surface area contributed by atoms with Crippen molar-refractivity contribution in [1.29, 1.82) is 0 Å². The van der Waals surface area contributed by atoms with Gasteiger partial charge in [0.25, 0.3) is 5.91 Å². The van der Waals surface area contributed by atoms with Gasteiger partial charge in [0.1, 0.15) is 5.78 Å². The van der Waals surface area contributed by atoms with Gasteiger partial charge in [-0.15, -0.1) is 11.3 Å². The summed E-state index contributed by atoms with van der Waals surface area (Å²) < 4.78 is 5.43. The first-order valence-electron chi connectivity index (χ1n) is 10.1. The SMILES string of the molecule is C[C@H](OC(=O)C1C[C@H]2CCC[C@@H](C1)C2=O)C(=O)Nc1nc(-c2ccccc2)cs1. The van der Waals surface area contributed by atoms with Crippen LogP contribution in [0.4, 0.5) is 5.13 Å². The molecule has 2 fully saturated rings. The van der Waals surface area contributed by atoms with Crippen molar-refractivity contribution in [2.75, 3.05) is 5.32 Å². The molecule has 2 aromatic rings. The number of nitrogens with one attached hydrogen (secondary N) is 1. The average molecular weight is 413 g/mol. The second-order valence-electron chi connectivity index (χ2n) is 7.87. The predicted octanol–water partition coefficient (Wildman–Crippen LogP) is 4.08. The van der Waals surface area contributed by atoms with E-state index >= 15 is 0 Å². The van der Waals surface area contributed by atoms with Crippen LogP contribution in [0, 0.1) is 17.8 Å². The molecule has 4 rings (SSSR count). The van der Waals surface area contributed by atoms with Crippen molar-refractivity contribution >= 4 is 34.1 Å². The zero-order valence-corrected chi connectivity index (χ0v) is 17.1. The third-order valence-corrected chi connectivity index (χ3v) is 6.61. The van der Waals surface area contributed by atoms with Crippen molar-refractivity contribution in [2.24, 2.45) is 17.8 Å². The van der Waals surface area contributed by atoms with Crippen molar-refractivity contribution in [3.8, 4) is 11.3 Å². The van der Waals surface area contributed by atoms with Gasteiger partial charge in [-0.2, -0.15) is 0 Å². The topological polar surface area (TPSA) is 85.4 Å². The number of esters is 1. The van der Waals surface area contributed by atoms with E-state index in [4.69, 9.17) is 4.74 Å². The number of amides is 1. The van der Waals surface area contributed by atoms with Gasteiger partial charge in [0, 0.05) is 22.8 Å². The van der Waals surface area contributed by atoms with Gasteiger partial charge < -0.3 is 4.74 Å². The van der Waals surface area contributed by atoms with Gasteiger partial charge in [-0.05, 0) is 32.6 Å². The standard InChI is InChI=1S/C22H24N2O4S/c1-13(28-21(27)17-10-15-8-5-9-16(11-17)19(15)25)20(26)24-22-23-18(12-29-22)14-6-3-2-4-7-14/h2-4,6-7,12-13,15-17H,5,8-11H2,1H3,(H,23,24,26)/t13-,15-,16+,17?/m0/s1. The number of ether oxygens (including phenoxy) is 1. The Kier molecular flexibility index (Phi) is 5.76. The van der Waals surface area contributed by atoms with E-state index < -0.39 is 12.0 Å². The molecule has 0 radical (unpaired) electrons. The number of aromatic nitrogens is 1. The Morgan fingerprint density at radius 2 is 1.86 bits per heavy atom. The molecule has 7 heteroatoms. The molecule has 152 valence electrons. The monoisotopic (exact) mass is 412 g/mol. The van der Waals surface area contributed by atoms with Gasteiger partial charge in [0.15, 0.2) is 11.2 Å². The summed E-state index contributed by atoms with van der Waals surface area (Å²) in [7, 11) is 0. The lowest BCUT2D eigenvalue weighted by atomic mass is 9.67. The summed E-state index contributed by atoms with van der Waals surface area (Å²) in [6.07, 6.45) is 2.97. The molecule has 0 spiro atoms. The minimum atomic E-state index is -0.913. The lowest BCUT2D eigenvalue weighted by molar-refractivity contribution is -0.161. The molecular weight excluding hydrogens is 388 g/mol. The number of hydrogen-bond donors (Lipinski definition) is 1. The van der Waals surface area contributed by atoms with E-state index in [-0.39, 0.29) is 23.7 Å². The Bertz CT molecular complexity index is 895. The molecule has 2 aliphatic carbocycles. The minimum absolute atomic E-state index is 0.0177. The van der Waals surface area contributed by atoms with E-state index in [0.717, 1.165) is 30.5 Å². The number of fused-ring (bicyclic) bond motifs is 2. The molecule has 1 aromatic carbocycles. The lowest BCUT2D eigenvalue weighted by Gasteiger charge is -2.36. The molecule has 1 heterocycles. The van der Waals surface area contributed by atoms with Crippen LogP contribution >= 0.6 is 11.3 Å². The fourth-order valence-electron chi connectivity index (χ4n) is 4.28. The third-order valence-electron chi connectivity index (χ3n) is 5.85. The minimum Gasteiger partial charge on any atom is -0.452 e. The summed E-state index contributed by atoms with van der Waals surface area (Å²) in [5, 5.41) is 5.07. The molecule has 0 aliphatic heterocycles. The third kappa shape index (κ3) is 4.40. The Morgan fingerprint density at radius 3 is 2.55 bits per heavy atom. The first-order valence-corrected chi connectivity index (χ1v) is 10.9. The van der Waals surface area contributed by atoms with Crippen LogP contribution in [0.1, 0.15) is 39.0 Å². The van der Waals surface area contributed by atoms with Crippen molar-refractivity contribution < 1.29 is 19.1 Å². The molecule has 29 heavy (non-hydrogen) atoms. The average Bonchev–Trinajstić information content (AvgIpc) is 3.17. The van der Waals surface area contributed by atoms with E-state index in [9.17, 15) is 14.4 Å². The first kappa shape index (κ1) is 19.8. The number of carbonyl (C=O) groups is 3. The van der Waals surface area contributed by atoms with Crippen molar-refractivity contribution in [2.45, 2.75) is 45.1 Å². The maximum Gasteiger partial charge on any atom is 0.309 e. The molecule has 2 aliphatic rings. The molecule has 1 unspecified atom stereocenters. The summed E-state index contributed by atoms with van der Waals surface area (Å²) in [6, 6.07) is 9.71. The lowest BCUT2D eigenvalue weighted by Crippen LogP contribution is -2.41. The van der Waals surface area contributed by atoms with Crippen LogP contribution in [0.3, 0.4) is 0 Å². The number of carbonyl (C=O) groups excluding carboxylic acids is 3. The number of Topliss-reactive ketones (excluding diaryl/α,β-unsaturated/α-hetero) is 1. The van der Waals surface area contributed by atoms with Gasteiger partial charge in [-0.25, -0.2) is 4.98 Å². The maximum absolute atomic E-state index is 12.6. The number of hydrogen-bond acceptors (Lipinski definition) is 6. The summed E-state index contributed by atoms with van der Waals surface area (Å²) in [4.78, 5) is 41.6. The fourth-order valence-corrected chi connectivity index (χ4v) is 5.00. The van der Waals surface area contributed by atoms with Crippen molar-refractivity contribution in [3.05, 3.63) is 35.7 Å². The Hall–Kier alpha value is -2.54. The smallest absolute Gasteiger partial charge is 0.309 e. The summed E-state index contributed by atoms with van der Waals surface area (Å²) in [6.45, 7) is 1.56. The van der Waals surface area contributed by atoms with Crippen LogP contribution in [0.25, 0.3) is 11.3 Å². The summed E-state index contributed by atoms with van der Waals surface area (Å²) in [5.41, 5.74) is 1.76. The maximum atomic E-state index is 12.6. The number of rotatable bonds is 5. The number of anilines is 1. The van der Waals surface area contributed by atoms with E-state index in [1.54, 1.807) is 6.92 Å². The zero-order valence-electron chi connectivity index (χ0n) is 16.3. The second-order valence-corrected chi connectivity index (χ2v) is 8.73. The molecule has 1 N–H and O–H groups in total. The number of thiazole rings is 1. The normalized spacial score (nSPS) is 24.6. The van der Waals surface area contributed by atoms with E-state index in [1.165, 1.54) is 11.3 Å². The molecule has 2 saturated carbocycles. The Balaban J connectivity index is 1.32. The van der Waals surface area contributed by atoms with Gasteiger partial charge >= 0.3 is 5.97 Å². The van der Waals surface area contributed by atoms with Crippen LogP contribution < -0.4 is 5.32 Å². The van der Waals surface area contributed by atoms with Gasteiger partial charge in [0.2, 0.25) is 0 Å². The van der Waals surface area contributed by atoms with Crippen LogP contribution in [-0.2, 0) is 19.1 Å². The number of ketones is 1. The molecule has 1 aromatic heterocycles. The van der Waals surface area contributed by atoms with Gasteiger partial charge in [-0.3, -0.25) is 19.7 Å². The second kappa shape index (κ2) is 8.45. The van der Waals surface area contributed by atoms with Crippen LogP contribution in [-0.4, -0.2) is 28.7 Å². The molecular formula is C22H24N2O4S. The van der Waals surface area contributed by atoms with E-state index in [2.05, 4.69) is 10.3 Å². The molecule has 4 atom stereocenters. The van der Waals surface area contributed by atoms with Crippen molar-refractivity contribution in [3.63, 3.8) is 0 Å². The van der Waals surface area contributed by atoms with Crippen LogP contribution in [0.2, 0.25) is 0 Å². The highest BCUT2D eigenvalue weighted by Gasteiger charge is 2.42. The Morgan fingerprint density at radius 1 is 1.17 bits per heavy atom. The number of nitrogens with zero attached hydrogens (tertiary/aromatic N) is 1. The fraction of sp³-hybridized carbons (Fsp3) is 0.455. The molecule has 6 nitrogen and oxygen atoms in total. The molecule has 0 saturated heterocycles. The highest BCUT2D eigenvalue weighted by molar-refractivity contribution is 7.14. The summed E-state index contributed by atoms with van der Waals surface area (Å²) >= 11 is 1.33. The Labute approximate surface area is 173 Å². The van der Waals surface area contributed by atoms with Gasteiger partial charge in [0.05, 0.1) is 11.6 Å². The highest BCUT2D eigenvalue weighted by atomic mass is 32.1.